The molecule has 1 atom stereocenters. The van der Waals surface area contributed by atoms with Gasteiger partial charge in [0.25, 0.3) is 11.5 Å². The van der Waals surface area contributed by atoms with E-state index in [1.54, 1.807) is 36.1 Å². The van der Waals surface area contributed by atoms with Gasteiger partial charge in [0.2, 0.25) is 5.91 Å². The predicted molar refractivity (Wildman–Crippen MR) is 120 cm³/mol. The summed E-state index contributed by atoms with van der Waals surface area (Å²) in [6.07, 6.45) is 0.763. The molecular formula is C23H21ClN4O3. The Balaban J connectivity index is 1.76. The molecule has 158 valence electrons. The number of amides is 2. The van der Waals surface area contributed by atoms with Crippen molar-refractivity contribution in [3.05, 3.63) is 75.5 Å². The fourth-order valence-corrected chi connectivity index (χ4v) is 3.84. The third-order valence-electron chi connectivity index (χ3n) is 5.26. The minimum atomic E-state index is -0.863. The molecule has 31 heavy (non-hydrogen) atoms. The number of para-hydroxylation sites is 1. The molecule has 0 fully saturated rings. The summed E-state index contributed by atoms with van der Waals surface area (Å²) in [6, 6.07) is 15.3. The number of hydrogen-bond acceptors (Lipinski definition) is 4. The Hall–Kier alpha value is -3.45. The number of nitrogens with zero attached hydrogens (tertiary/aromatic N) is 3. The molecule has 0 unspecified atom stereocenters. The van der Waals surface area contributed by atoms with Crippen LogP contribution < -0.4 is 15.8 Å². The van der Waals surface area contributed by atoms with Crippen LogP contribution >= 0.6 is 11.6 Å². The molecule has 2 heterocycles. The van der Waals surface area contributed by atoms with Gasteiger partial charge in [0.15, 0.2) is 0 Å². The number of halogens is 1. The zero-order chi connectivity index (χ0) is 22.1. The minimum absolute atomic E-state index is 0.0638. The van der Waals surface area contributed by atoms with Crippen molar-refractivity contribution in [3.63, 3.8) is 0 Å². The van der Waals surface area contributed by atoms with Crippen molar-refractivity contribution in [2.45, 2.75) is 26.3 Å². The molecule has 0 spiro atoms. The predicted octanol–water partition coefficient (Wildman–Crippen LogP) is 3.67. The standard InChI is InChI=1S/C23H21ClN4O3/c1-14(22(30)27-12-11-17-5-3-4-6-21(17)27)28-23(31)20(25-15(2)29)13-19(26-28)16-7-9-18(24)10-8-16/h3-10,13-14H,11-12H2,1-2H3,(H,25,29)/t14-/m0/s1. The van der Waals surface area contributed by atoms with E-state index in [0.717, 1.165) is 22.4 Å². The van der Waals surface area contributed by atoms with Crippen LogP contribution in [0.25, 0.3) is 11.3 Å². The highest BCUT2D eigenvalue weighted by Gasteiger charge is 2.30. The summed E-state index contributed by atoms with van der Waals surface area (Å²) in [5.41, 5.74) is 2.62. The largest absolute Gasteiger partial charge is 0.322 e. The SMILES string of the molecule is CC(=O)Nc1cc(-c2ccc(Cl)cc2)nn([C@@H](C)C(=O)N2CCc3ccccc32)c1=O. The first kappa shape index (κ1) is 20.8. The Bertz CT molecular complexity index is 1220. The van der Waals surface area contributed by atoms with E-state index in [9.17, 15) is 14.4 Å². The fourth-order valence-electron chi connectivity index (χ4n) is 3.71. The first-order valence-electron chi connectivity index (χ1n) is 9.92. The normalized spacial score (nSPS) is 13.6. The fraction of sp³-hybridized carbons (Fsp3) is 0.217. The number of rotatable bonds is 4. The lowest BCUT2D eigenvalue weighted by molar-refractivity contribution is -0.121. The lowest BCUT2D eigenvalue weighted by atomic mass is 10.1. The average molecular weight is 437 g/mol. The Labute approximate surface area is 184 Å². The van der Waals surface area contributed by atoms with E-state index in [1.165, 1.54) is 13.0 Å². The van der Waals surface area contributed by atoms with Gasteiger partial charge in [-0.05, 0) is 43.2 Å². The van der Waals surface area contributed by atoms with Crippen LogP contribution in [-0.2, 0) is 16.0 Å². The third kappa shape index (κ3) is 4.09. The molecule has 1 aliphatic rings. The van der Waals surface area contributed by atoms with E-state index < -0.39 is 11.6 Å². The second-order valence-electron chi connectivity index (χ2n) is 7.43. The lowest BCUT2D eigenvalue weighted by Crippen LogP contribution is -2.40. The Morgan fingerprint density at radius 2 is 1.84 bits per heavy atom. The highest BCUT2D eigenvalue weighted by Crippen LogP contribution is 2.29. The molecule has 8 heteroatoms. The summed E-state index contributed by atoms with van der Waals surface area (Å²) in [5, 5.41) is 7.57. The van der Waals surface area contributed by atoms with Crippen LogP contribution in [-0.4, -0.2) is 28.1 Å². The van der Waals surface area contributed by atoms with Gasteiger partial charge in [-0.3, -0.25) is 14.4 Å². The van der Waals surface area contributed by atoms with Crippen molar-refractivity contribution in [3.8, 4) is 11.3 Å². The van der Waals surface area contributed by atoms with Gasteiger partial charge in [-0.1, -0.05) is 41.9 Å². The minimum Gasteiger partial charge on any atom is -0.322 e. The summed E-state index contributed by atoms with van der Waals surface area (Å²) in [7, 11) is 0. The Morgan fingerprint density at radius 1 is 1.13 bits per heavy atom. The van der Waals surface area contributed by atoms with Crippen LogP contribution in [0.4, 0.5) is 11.4 Å². The van der Waals surface area contributed by atoms with Crippen LogP contribution in [0.1, 0.15) is 25.5 Å². The van der Waals surface area contributed by atoms with Gasteiger partial charge < -0.3 is 10.2 Å². The quantitative estimate of drug-likeness (QED) is 0.676. The summed E-state index contributed by atoms with van der Waals surface area (Å²) >= 11 is 5.98. The average Bonchev–Trinajstić information content (AvgIpc) is 3.18. The maximum Gasteiger partial charge on any atom is 0.291 e. The van der Waals surface area contributed by atoms with Crippen molar-refractivity contribution >= 4 is 34.8 Å². The topological polar surface area (TPSA) is 84.3 Å². The molecule has 2 aromatic carbocycles. The van der Waals surface area contributed by atoms with Crippen LogP contribution in [0.5, 0.6) is 0 Å². The molecule has 0 bridgehead atoms. The highest BCUT2D eigenvalue weighted by atomic mass is 35.5. The van der Waals surface area contributed by atoms with Gasteiger partial charge in [-0.15, -0.1) is 0 Å². The van der Waals surface area contributed by atoms with Gasteiger partial charge in [-0.2, -0.15) is 5.10 Å². The van der Waals surface area contributed by atoms with Crippen molar-refractivity contribution < 1.29 is 9.59 Å². The van der Waals surface area contributed by atoms with Crippen molar-refractivity contribution in [1.82, 2.24) is 9.78 Å². The smallest absolute Gasteiger partial charge is 0.291 e. The van der Waals surface area contributed by atoms with E-state index in [0.29, 0.717) is 22.8 Å². The summed E-state index contributed by atoms with van der Waals surface area (Å²) in [6.45, 7) is 3.51. The van der Waals surface area contributed by atoms with Gasteiger partial charge in [0.1, 0.15) is 11.7 Å². The first-order valence-corrected chi connectivity index (χ1v) is 10.3. The molecule has 0 saturated carbocycles. The van der Waals surface area contributed by atoms with Gasteiger partial charge in [0, 0.05) is 29.7 Å². The number of aromatic nitrogens is 2. The number of fused-ring (bicyclic) bond motifs is 1. The molecule has 4 rings (SSSR count). The maximum atomic E-state index is 13.3. The monoisotopic (exact) mass is 436 g/mol. The molecule has 1 aliphatic heterocycles. The van der Waals surface area contributed by atoms with E-state index in [4.69, 9.17) is 11.6 Å². The summed E-state index contributed by atoms with van der Waals surface area (Å²) in [4.78, 5) is 39.7. The van der Waals surface area contributed by atoms with E-state index in [1.807, 2.05) is 24.3 Å². The second kappa shape index (κ2) is 8.35. The van der Waals surface area contributed by atoms with Crippen molar-refractivity contribution in [2.24, 2.45) is 0 Å². The molecular weight excluding hydrogens is 416 g/mol. The Kier molecular flexibility index (Phi) is 5.61. The Morgan fingerprint density at radius 3 is 2.55 bits per heavy atom. The number of anilines is 2. The molecule has 0 aliphatic carbocycles. The third-order valence-corrected chi connectivity index (χ3v) is 5.52. The van der Waals surface area contributed by atoms with Crippen LogP contribution in [0, 0.1) is 0 Å². The number of hydrogen-bond donors (Lipinski definition) is 1. The van der Waals surface area contributed by atoms with Gasteiger partial charge >= 0.3 is 0 Å². The summed E-state index contributed by atoms with van der Waals surface area (Å²) in [5.74, 6) is -0.620. The van der Waals surface area contributed by atoms with Crippen LogP contribution in [0.3, 0.4) is 0 Å². The van der Waals surface area contributed by atoms with Gasteiger partial charge in [0.05, 0.1) is 5.69 Å². The number of benzene rings is 2. The number of carbonyl (C=O) groups is 2. The zero-order valence-electron chi connectivity index (χ0n) is 17.1. The molecule has 1 N–H and O–H groups in total. The van der Waals surface area contributed by atoms with Crippen LogP contribution in [0.2, 0.25) is 5.02 Å². The van der Waals surface area contributed by atoms with Crippen molar-refractivity contribution in [2.75, 3.05) is 16.8 Å². The number of nitrogens with one attached hydrogen (secondary N) is 1. The van der Waals surface area contributed by atoms with E-state index in [-0.39, 0.29) is 17.5 Å². The summed E-state index contributed by atoms with van der Waals surface area (Å²) < 4.78 is 1.14. The van der Waals surface area contributed by atoms with Crippen molar-refractivity contribution in [1.29, 1.82) is 0 Å². The molecule has 1 aromatic heterocycles. The number of carbonyl (C=O) groups excluding carboxylic acids is 2. The van der Waals surface area contributed by atoms with Gasteiger partial charge in [-0.25, -0.2) is 4.68 Å². The molecule has 7 nitrogen and oxygen atoms in total. The highest BCUT2D eigenvalue weighted by molar-refractivity contribution is 6.30. The second-order valence-corrected chi connectivity index (χ2v) is 7.86. The molecule has 3 aromatic rings. The molecule has 0 radical (unpaired) electrons. The molecule has 0 saturated heterocycles. The van der Waals surface area contributed by atoms with E-state index in [2.05, 4.69) is 10.4 Å². The van der Waals surface area contributed by atoms with E-state index >= 15 is 0 Å². The zero-order valence-corrected chi connectivity index (χ0v) is 17.9. The first-order chi connectivity index (χ1) is 14.8. The lowest BCUT2D eigenvalue weighted by Gasteiger charge is -2.23. The van der Waals surface area contributed by atoms with Crippen LogP contribution in [0.15, 0.2) is 59.4 Å². The maximum absolute atomic E-state index is 13.3. The molecule has 2 amide bonds.